The lowest BCUT2D eigenvalue weighted by atomic mass is 9.72. The summed E-state index contributed by atoms with van der Waals surface area (Å²) in [6.07, 6.45) is 6.91. The second kappa shape index (κ2) is 11.0. The van der Waals surface area contributed by atoms with E-state index in [2.05, 4.69) is 45.7 Å². The smallest absolute Gasteiger partial charge is 0.339 e. The Morgan fingerprint density at radius 3 is 2.58 bits per heavy atom. The Hall–Kier alpha value is -3.81. The predicted octanol–water partition coefficient (Wildman–Crippen LogP) is 7.74. The number of hydrogen-bond acceptors (Lipinski definition) is 5. The highest BCUT2D eigenvalue weighted by molar-refractivity contribution is 6.30. The van der Waals surface area contributed by atoms with Crippen molar-refractivity contribution in [2.24, 2.45) is 17.3 Å². The average molecular weight is 597 g/mol. The van der Waals surface area contributed by atoms with Gasteiger partial charge in [-0.1, -0.05) is 43.2 Å². The summed E-state index contributed by atoms with van der Waals surface area (Å²) in [7, 11) is 0. The normalized spacial score (nSPS) is 21.9. The van der Waals surface area contributed by atoms with Crippen LogP contribution in [0.4, 0.5) is 5.69 Å². The Morgan fingerprint density at radius 1 is 1.07 bits per heavy atom. The number of ether oxygens (including phenoxy) is 1. The number of nitrogens with zero attached hydrogens (tertiary/aromatic N) is 3. The summed E-state index contributed by atoms with van der Waals surface area (Å²) in [5.74, 6) is 1.01. The summed E-state index contributed by atoms with van der Waals surface area (Å²) >= 11 is 6.21. The van der Waals surface area contributed by atoms with E-state index in [-0.39, 0.29) is 5.56 Å². The molecule has 222 valence electrons. The zero-order valence-corrected chi connectivity index (χ0v) is 25.4. The maximum absolute atomic E-state index is 12.0. The standard InChI is InChI=1S/C35H37ClN4O3/c1-35(2)11-9-24(31(15-35)22-3-5-27(36)6-4-22)17-39-18-25-20-40(21-26(25)19-39)28-7-8-30(34(41)42)32(14-28)43-29-13-23-10-12-37-33(23)38-16-29/h3-8,10,12-14,16,25-26H,9,11,15,17-21H2,1-2H3,(H,37,38)(H,41,42). The third-order valence-corrected chi connectivity index (χ3v) is 9.77. The second-order valence-corrected chi connectivity index (χ2v) is 13.7. The number of hydrogen-bond donors (Lipinski definition) is 2. The Labute approximate surface area is 257 Å². The van der Waals surface area contributed by atoms with E-state index in [0.29, 0.717) is 28.7 Å². The second-order valence-electron chi connectivity index (χ2n) is 13.2. The number of likely N-dealkylation sites (tertiary alicyclic amines) is 1. The molecule has 4 heterocycles. The molecule has 7 rings (SSSR count). The molecule has 8 heteroatoms. The molecule has 0 saturated carbocycles. The number of carboxylic acids is 1. The van der Waals surface area contributed by atoms with Crippen LogP contribution in [0.1, 0.15) is 49.0 Å². The number of carboxylic acid groups (broad SMARTS) is 1. The molecule has 0 radical (unpaired) electrons. The first-order valence-electron chi connectivity index (χ1n) is 15.1. The highest BCUT2D eigenvalue weighted by Crippen LogP contribution is 2.44. The molecule has 0 bridgehead atoms. The van der Waals surface area contributed by atoms with E-state index in [1.54, 1.807) is 17.8 Å². The van der Waals surface area contributed by atoms with Crippen LogP contribution in [0.2, 0.25) is 5.02 Å². The molecular formula is C35H37ClN4O3. The fourth-order valence-corrected chi connectivity index (χ4v) is 7.36. The van der Waals surface area contributed by atoms with Crippen LogP contribution in [-0.4, -0.2) is 58.7 Å². The summed E-state index contributed by atoms with van der Waals surface area (Å²) < 4.78 is 6.11. The fourth-order valence-electron chi connectivity index (χ4n) is 7.24. The van der Waals surface area contributed by atoms with Gasteiger partial charge in [0.1, 0.15) is 22.7 Å². The molecule has 2 unspecified atom stereocenters. The largest absolute Gasteiger partial charge is 0.478 e. The zero-order valence-electron chi connectivity index (χ0n) is 24.6. The number of rotatable bonds is 7. The van der Waals surface area contributed by atoms with Crippen LogP contribution in [0.5, 0.6) is 11.5 Å². The third kappa shape index (κ3) is 5.76. The van der Waals surface area contributed by atoms with Crippen molar-refractivity contribution in [1.82, 2.24) is 14.9 Å². The number of carbonyl (C=O) groups is 1. The lowest BCUT2D eigenvalue weighted by Crippen LogP contribution is -2.31. The van der Waals surface area contributed by atoms with E-state index in [4.69, 9.17) is 16.3 Å². The van der Waals surface area contributed by atoms with Gasteiger partial charge in [0.05, 0.1) is 6.20 Å². The zero-order chi connectivity index (χ0) is 29.7. The van der Waals surface area contributed by atoms with E-state index < -0.39 is 5.97 Å². The van der Waals surface area contributed by atoms with Crippen molar-refractivity contribution < 1.29 is 14.6 Å². The summed E-state index contributed by atoms with van der Waals surface area (Å²) in [6.45, 7) is 9.88. The molecule has 0 spiro atoms. The molecule has 2 aromatic heterocycles. The van der Waals surface area contributed by atoms with E-state index in [9.17, 15) is 9.90 Å². The number of aromatic carboxylic acids is 1. The van der Waals surface area contributed by atoms with Crippen LogP contribution < -0.4 is 9.64 Å². The van der Waals surface area contributed by atoms with Crippen molar-refractivity contribution >= 4 is 39.9 Å². The molecule has 2 saturated heterocycles. The van der Waals surface area contributed by atoms with Crippen molar-refractivity contribution in [2.45, 2.75) is 33.1 Å². The van der Waals surface area contributed by atoms with Crippen molar-refractivity contribution in [3.05, 3.63) is 88.7 Å². The van der Waals surface area contributed by atoms with Gasteiger partial charge in [0, 0.05) is 61.1 Å². The Balaban J connectivity index is 1.05. The molecule has 3 aliphatic rings. The first kappa shape index (κ1) is 28.0. The number of anilines is 1. The van der Waals surface area contributed by atoms with E-state index in [1.807, 2.05) is 42.6 Å². The molecular weight excluding hydrogens is 560 g/mol. The van der Waals surface area contributed by atoms with Gasteiger partial charge >= 0.3 is 5.97 Å². The number of H-pyrrole nitrogens is 1. The molecule has 1 aliphatic carbocycles. The minimum Gasteiger partial charge on any atom is -0.478 e. The quantitative estimate of drug-likeness (QED) is 0.227. The minimum atomic E-state index is -1.01. The van der Waals surface area contributed by atoms with Crippen molar-refractivity contribution in [1.29, 1.82) is 0 Å². The highest BCUT2D eigenvalue weighted by Gasteiger charge is 2.41. The lowest BCUT2D eigenvalue weighted by Gasteiger charge is -2.35. The number of aromatic nitrogens is 2. The van der Waals surface area contributed by atoms with Crippen LogP contribution in [-0.2, 0) is 0 Å². The number of pyridine rings is 1. The number of benzene rings is 2. The number of fused-ring (bicyclic) bond motifs is 2. The van der Waals surface area contributed by atoms with Crippen LogP contribution >= 0.6 is 11.6 Å². The molecule has 7 nitrogen and oxygen atoms in total. The third-order valence-electron chi connectivity index (χ3n) is 9.52. The average Bonchev–Trinajstić information content (AvgIpc) is 3.69. The van der Waals surface area contributed by atoms with E-state index in [0.717, 1.165) is 67.3 Å². The lowest BCUT2D eigenvalue weighted by molar-refractivity contribution is 0.0694. The number of halogens is 1. The summed E-state index contributed by atoms with van der Waals surface area (Å²) in [4.78, 5) is 24.5. The Bertz CT molecular complexity index is 1700. The van der Waals surface area contributed by atoms with Crippen molar-refractivity contribution in [2.75, 3.05) is 37.6 Å². The molecule has 2 N–H and O–H groups in total. The molecule has 4 aromatic rings. The topological polar surface area (TPSA) is 81.7 Å². The van der Waals surface area contributed by atoms with Crippen LogP contribution in [0.25, 0.3) is 16.6 Å². The van der Waals surface area contributed by atoms with Gasteiger partial charge in [0.25, 0.3) is 0 Å². The molecule has 2 aromatic carbocycles. The van der Waals surface area contributed by atoms with Gasteiger partial charge in [-0.2, -0.15) is 0 Å². The SMILES string of the molecule is CC1(C)CCC(CN2CC3CN(c4ccc(C(=O)O)c(Oc5cnc6[nH]ccc6c5)c4)CC3C2)=C(c2ccc(Cl)cc2)C1. The summed E-state index contributed by atoms with van der Waals surface area (Å²) in [6, 6.07) is 17.6. The first-order valence-corrected chi connectivity index (χ1v) is 15.5. The van der Waals surface area contributed by atoms with E-state index >= 15 is 0 Å². The number of aromatic amines is 1. The van der Waals surface area contributed by atoms with Crippen LogP contribution in [0.15, 0.2) is 72.6 Å². The van der Waals surface area contributed by atoms with Gasteiger partial charge in [-0.15, -0.1) is 0 Å². The number of nitrogens with one attached hydrogen (secondary N) is 1. The summed E-state index contributed by atoms with van der Waals surface area (Å²) in [5.41, 5.74) is 6.61. The molecule has 43 heavy (non-hydrogen) atoms. The fraction of sp³-hybridized carbons (Fsp3) is 0.371. The van der Waals surface area contributed by atoms with Gasteiger partial charge in [-0.05, 0) is 84.0 Å². The Morgan fingerprint density at radius 2 is 1.84 bits per heavy atom. The molecule has 2 fully saturated rings. The van der Waals surface area contributed by atoms with Gasteiger partial charge in [-0.3, -0.25) is 4.90 Å². The predicted molar refractivity (Wildman–Crippen MR) is 171 cm³/mol. The maximum atomic E-state index is 12.0. The molecule has 0 amide bonds. The summed E-state index contributed by atoms with van der Waals surface area (Å²) in [5, 5.41) is 11.5. The van der Waals surface area contributed by atoms with Crippen LogP contribution in [0.3, 0.4) is 0 Å². The Kier molecular flexibility index (Phi) is 7.18. The first-order chi connectivity index (χ1) is 20.7. The van der Waals surface area contributed by atoms with E-state index in [1.165, 1.54) is 17.6 Å². The monoisotopic (exact) mass is 596 g/mol. The van der Waals surface area contributed by atoms with Gasteiger partial charge in [0.2, 0.25) is 0 Å². The number of allylic oxidation sites excluding steroid dienone is 1. The molecule has 2 atom stereocenters. The highest BCUT2D eigenvalue weighted by atomic mass is 35.5. The van der Waals surface area contributed by atoms with Gasteiger partial charge in [-0.25, -0.2) is 9.78 Å². The van der Waals surface area contributed by atoms with Crippen LogP contribution in [0, 0.1) is 17.3 Å². The maximum Gasteiger partial charge on any atom is 0.339 e. The van der Waals surface area contributed by atoms with Crippen molar-refractivity contribution in [3.8, 4) is 11.5 Å². The van der Waals surface area contributed by atoms with Crippen molar-refractivity contribution in [3.63, 3.8) is 0 Å². The van der Waals surface area contributed by atoms with Gasteiger partial charge in [0.15, 0.2) is 0 Å². The van der Waals surface area contributed by atoms with Gasteiger partial charge < -0.3 is 19.7 Å². The molecule has 2 aliphatic heterocycles. The minimum absolute atomic E-state index is 0.143.